The SMILES string of the molecule is CS(=O)(=O)NCCNCc1cc(Cl)c2c(c1)OCCO2. The van der Waals surface area contributed by atoms with Gasteiger partial charge in [-0.3, -0.25) is 0 Å². The fourth-order valence-electron chi connectivity index (χ4n) is 1.82. The number of hydrogen-bond donors (Lipinski definition) is 2. The van der Waals surface area contributed by atoms with Crippen LogP contribution in [0.1, 0.15) is 5.56 Å². The second kappa shape index (κ2) is 6.62. The van der Waals surface area contributed by atoms with Crippen molar-refractivity contribution < 1.29 is 17.9 Å². The average Bonchev–Trinajstić information content (AvgIpc) is 2.37. The monoisotopic (exact) mass is 320 g/mol. The van der Waals surface area contributed by atoms with Crippen LogP contribution in [0, 0.1) is 0 Å². The highest BCUT2D eigenvalue weighted by Crippen LogP contribution is 2.38. The fourth-order valence-corrected chi connectivity index (χ4v) is 2.58. The Hall–Kier alpha value is -1.02. The zero-order chi connectivity index (χ0) is 14.6. The molecule has 0 amide bonds. The molecule has 8 heteroatoms. The van der Waals surface area contributed by atoms with Crippen LogP contribution in [0.2, 0.25) is 5.02 Å². The lowest BCUT2D eigenvalue weighted by Gasteiger charge is -2.20. The second-order valence-electron chi connectivity index (χ2n) is 4.45. The van der Waals surface area contributed by atoms with Gasteiger partial charge in [0.05, 0.1) is 11.3 Å². The van der Waals surface area contributed by atoms with Crippen LogP contribution in [0.3, 0.4) is 0 Å². The molecule has 0 aromatic heterocycles. The molecule has 0 unspecified atom stereocenters. The van der Waals surface area contributed by atoms with Gasteiger partial charge < -0.3 is 14.8 Å². The number of nitrogens with one attached hydrogen (secondary N) is 2. The third kappa shape index (κ3) is 4.52. The normalized spacial score (nSPS) is 14.3. The molecule has 1 heterocycles. The Bertz CT molecular complexity index is 577. The second-order valence-corrected chi connectivity index (χ2v) is 6.69. The maximum absolute atomic E-state index is 10.9. The van der Waals surface area contributed by atoms with Crippen LogP contribution in [-0.2, 0) is 16.6 Å². The van der Waals surface area contributed by atoms with Gasteiger partial charge >= 0.3 is 0 Å². The summed E-state index contributed by atoms with van der Waals surface area (Å²) in [6.45, 7) is 2.46. The number of fused-ring (bicyclic) bond motifs is 1. The molecule has 0 radical (unpaired) electrons. The van der Waals surface area contributed by atoms with E-state index < -0.39 is 10.0 Å². The summed E-state index contributed by atoms with van der Waals surface area (Å²) in [4.78, 5) is 0. The highest BCUT2D eigenvalue weighted by Gasteiger charge is 2.16. The number of hydrogen-bond acceptors (Lipinski definition) is 5. The van der Waals surface area contributed by atoms with Gasteiger partial charge in [0, 0.05) is 19.6 Å². The molecule has 0 saturated heterocycles. The molecule has 0 saturated carbocycles. The predicted molar refractivity (Wildman–Crippen MR) is 77.0 cm³/mol. The molecule has 1 aromatic carbocycles. The van der Waals surface area contributed by atoms with Gasteiger partial charge in [-0.15, -0.1) is 0 Å². The minimum absolute atomic E-state index is 0.344. The molecular weight excluding hydrogens is 304 g/mol. The molecule has 0 fully saturated rings. The first-order valence-electron chi connectivity index (χ1n) is 6.19. The summed E-state index contributed by atoms with van der Waals surface area (Å²) in [6.07, 6.45) is 1.13. The summed E-state index contributed by atoms with van der Waals surface area (Å²) in [5.41, 5.74) is 0.957. The topological polar surface area (TPSA) is 76.7 Å². The van der Waals surface area contributed by atoms with E-state index in [-0.39, 0.29) is 0 Å². The highest BCUT2D eigenvalue weighted by molar-refractivity contribution is 7.88. The van der Waals surface area contributed by atoms with Crippen LogP contribution in [0.25, 0.3) is 0 Å². The maximum atomic E-state index is 10.9. The predicted octanol–water partition coefficient (Wildman–Crippen LogP) is 0.750. The van der Waals surface area contributed by atoms with Gasteiger partial charge in [-0.1, -0.05) is 11.6 Å². The Morgan fingerprint density at radius 1 is 1.25 bits per heavy atom. The summed E-state index contributed by atoms with van der Waals surface area (Å²) >= 11 is 6.12. The van der Waals surface area contributed by atoms with E-state index >= 15 is 0 Å². The van der Waals surface area contributed by atoms with Crippen LogP contribution in [0.5, 0.6) is 11.5 Å². The van der Waals surface area contributed by atoms with Crippen molar-refractivity contribution in [1.29, 1.82) is 0 Å². The third-order valence-electron chi connectivity index (χ3n) is 2.65. The Morgan fingerprint density at radius 2 is 2.00 bits per heavy atom. The summed E-state index contributed by atoms with van der Waals surface area (Å²) in [5, 5.41) is 3.65. The van der Waals surface area contributed by atoms with Crippen molar-refractivity contribution >= 4 is 21.6 Å². The van der Waals surface area contributed by atoms with Crippen molar-refractivity contribution in [2.24, 2.45) is 0 Å². The molecule has 0 spiro atoms. The van der Waals surface area contributed by atoms with Crippen molar-refractivity contribution in [3.63, 3.8) is 0 Å². The van der Waals surface area contributed by atoms with Gasteiger partial charge in [-0.25, -0.2) is 13.1 Å². The van der Waals surface area contributed by atoms with Gasteiger partial charge in [0.1, 0.15) is 13.2 Å². The first-order valence-corrected chi connectivity index (χ1v) is 8.46. The summed E-state index contributed by atoms with van der Waals surface area (Å²) in [6, 6.07) is 3.68. The van der Waals surface area contributed by atoms with E-state index in [4.69, 9.17) is 21.1 Å². The zero-order valence-electron chi connectivity index (χ0n) is 11.1. The lowest BCUT2D eigenvalue weighted by Crippen LogP contribution is -2.30. The molecule has 2 rings (SSSR count). The molecule has 0 atom stereocenters. The summed E-state index contributed by atoms with van der Waals surface area (Å²) in [5.74, 6) is 1.23. The van der Waals surface area contributed by atoms with Gasteiger partial charge in [-0.05, 0) is 17.7 Å². The number of rotatable bonds is 6. The van der Waals surface area contributed by atoms with Gasteiger partial charge in [0.2, 0.25) is 10.0 Å². The third-order valence-corrected chi connectivity index (χ3v) is 3.66. The average molecular weight is 321 g/mol. The number of ether oxygens (including phenoxy) is 2. The van der Waals surface area contributed by atoms with Crippen molar-refractivity contribution in [3.8, 4) is 11.5 Å². The van der Waals surface area contributed by atoms with Crippen LogP contribution >= 0.6 is 11.6 Å². The maximum Gasteiger partial charge on any atom is 0.208 e. The Balaban J connectivity index is 1.86. The number of halogens is 1. The molecule has 112 valence electrons. The molecule has 6 nitrogen and oxygen atoms in total. The summed E-state index contributed by atoms with van der Waals surface area (Å²) in [7, 11) is -3.14. The number of sulfonamides is 1. The van der Waals surface area contributed by atoms with Gasteiger partial charge in [-0.2, -0.15) is 0 Å². The van der Waals surface area contributed by atoms with Crippen molar-refractivity contribution in [1.82, 2.24) is 10.0 Å². The largest absolute Gasteiger partial charge is 0.486 e. The first kappa shape index (κ1) is 15.4. The van der Waals surface area contributed by atoms with Crippen LogP contribution in [0.4, 0.5) is 0 Å². The van der Waals surface area contributed by atoms with Crippen LogP contribution in [0.15, 0.2) is 12.1 Å². The van der Waals surface area contributed by atoms with E-state index in [1.165, 1.54) is 0 Å². The quantitative estimate of drug-likeness (QED) is 0.756. The van der Waals surface area contributed by atoms with E-state index in [1.807, 2.05) is 12.1 Å². The Morgan fingerprint density at radius 3 is 2.75 bits per heavy atom. The first-order chi connectivity index (χ1) is 9.46. The van der Waals surface area contributed by atoms with E-state index in [0.717, 1.165) is 11.8 Å². The molecule has 0 bridgehead atoms. The number of benzene rings is 1. The molecule has 1 aromatic rings. The minimum Gasteiger partial charge on any atom is -0.486 e. The van der Waals surface area contributed by atoms with Crippen molar-refractivity contribution in [2.45, 2.75) is 6.54 Å². The van der Waals surface area contributed by atoms with Crippen LogP contribution < -0.4 is 19.5 Å². The van der Waals surface area contributed by atoms with Gasteiger partial charge in [0.25, 0.3) is 0 Å². The minimum atomic E-state index is -3.14. The zero-order valence-corrected chi connectivity index (χ0v) is 12.7. The van der Waals surface area contributed by atoms with Crippen molar-refractivity contribution in [2.75, 3.05) is 32.6 Å². The highest BCUT2D eigenvalue weighted by atomic mass is 35.5. The molecule has 1 aliphatic rings. The Kier molecular flexibility index (Phi) is 5.09. The fraction of sp³-hybridized carbons (Fsp3) is 0.500. The van der Waals surface area contributed by atoms with E-state index in [0.29, 0.717) is 49.4 Å². The standard InChI is InChI=1S/C12H17ClN2O4S/c1-20(16,17)15-3-2-14-8-9-6-10(13)12-11(7-9)18-4-5-19-12/h6-7,14-15H,2-5,8H2,1H3. The van der Waals surface area contributed by atoms with E-state index in [9.17, 15) is 8.42 Å². The van der Waals surface area contributed by atoms with E-state index in [1.54, 1.807) is 0 Å². The van der Waals surface area contributed by atoms with E-state index in [2.05, 4.69) is 10.0 Å². The summed E-state index contributed by atoms with van der Waals surface area (Å²) < 4.78 is 35.1. The molecule has 1 aliphatic heterocycles. The molecule has 20 heavy (non-hydrogen) atoms. The van der Waals surface area contributed by atoms with Crippen molar-refractivity contribution in [3.05, 3.63) is 22.7 Å². The lowest BCUT2D eigenvalue weighted by atomic mass is 10.2. The molecular formula is C12H17ClN2O4S. The lowest BCUT2D eigenvalue weighted by molar-refractivity contribution is 0.171. The molecule has 0 aliphatic carbocycles. The van der Waals surface area contributed by atoms with Crippen LogP contribution in [-0.4, -0.2) is 41.0 Å². The molecule has 2 N–H and O–H groups in total. The van der Waals surface area contributed by atoms with Gasteiger partial charge in [0.15, 0.2) is 11.5 Å². The Labute approximate surface area is 123 Å². The smallest absolute Gasteiger partial charge is 0.208 e.